The fraction of sp³-hybridized carbons (Fsp3) is 0.565. The summed E-state index contributed by atoms with van der Waals surface area (Å²) >= 11 is 1.47. The number of benzene rings is 1. The molecule has 1 fully saturated rings. The van der Waals surface area contributed by atoms with Gasteiger partial charge in [0.1, 0.15) is 0 Å². The third-order valence-corrected chi connectivity index (χ3v) is 5.67. The van der Waals surface area contributed by atoms with Gasteiger partial charge in [0.2, 0.25) is 0 Å². The first-order chi connectivity index (χ1) is 14.1. The lowest BCUT2D eigenvalue weighted by molar-refractivity contribution is -0.122. The molecule has 0 aliphatic carbocycles. The number of carbonyl (C=O) groups is 1. The van der Waals surface area contributed by atoms with Crippen molar-refractivity contribution in [1.82, 2.24) is 4.90 Å². The Morgan fingerprint density at radius 1 is 1.07 bits per heavy atom. The van der Waals surface area contributed by atoms with Crippen LogP contribution in [0.25, 0.3) is 6.08 Å². The van der Waals surface area contributed by atoms with Crippen LogP contribution in [0.1, 0.15) is 64.9 Å². The number of methoxy groups -OCH3 is 1. The van der Waals surface area contributed by atoms with Crippen molar-refractivity contribution >= 4 is 28.9 Å². The molecule has 1 saturated heterocycles. The van der Waals surface area contributed by atoms with Crippen molar-refractivity contribution in [3.05, 3.63) is 28.7 Å². The molecule has 0 aromatic heterocycles. The molecule has 1 aromatic rings. The third kappa shape index (κ3) is 6.81. The Kier molecular flexibility index (Phi) is 10.1. The summed E-state index contributed by atoms with van der Waals surface area (Å²) in [5.74, 6) is 1.46. The number of ether oxygens (including phenoxy) is 2. The van der Waals surface area contributed by atoms with Crippen molar-refractivity contribution in [3.8, 4) is 11.5 Å². The minimum Gasteiger partial charge on any atom is -0.493 e. The van der Waals surface area contributed by atoms with E-state index in [4.69, 9.17) is 9.47 Å². The average molecular weight is 419 g/mol. The summed E-state index contributed by atoms with van der Waals surface area (Å²) in [6, 6.07) is 5.80. The van der Waals surface area contributed by atoms with Crippen LogP contribution in [0.5, 0.6) is 11.5 Å². The van der Waals surface area contributed by atoms with Crippen LogP contribution in [0.3, 0.4) is 0 Å². The van der Waals surface area contributed by atoms with Crippen LogP contribution in [0.4, 0.5) is 0 Å². The first-order valence-corrected chi connectivity index (χ1v) is 11.5. The molecule has 1 heterocycles. The van der Waals surface area contributed by atoms with Gasteiger partial charge in [0, 0.05) is 13.1 Å². The van der Waals surface area contributed by atoms with E-state index in [1.807, 2.05) is 29.2 Å². The van der Waals surface area contributed by atoms with E-state index in [2.05, 4.69) is 25.8 Å². The van der Waals surface area contributed by atoms with Crippen LogP contribution < -0.4 is 9.47 Å². The lowest BCUT2D eigenvalue weighted by Gasteiger charge is -2.14. The van der Waals surface area contributed by atoms with E-state index in [9.17, 15) is 4.79 Å². The van der Waals surface area contributed by atoms with Crippen molar-refractivity contribution in [3.63, 3.8) is 0 Å². The molecule has 0 atom stereocenters. The number of hydrogen-bond acceptors (Lipinski definition) is 5. The van der Waals surface area contributed by atoms with Gasteiger partial charge in [-0.15, -0.1) is 0 Å². The monoisotopic (exact) mass is 418 g/mol. The second-order valence-corrected chi connectivity index (χ2v) is 8.06. The molecule has 0 saturated carbocycles. The second kappa shape index (κ2) is 12.6. The van der Waals surface area contributed by atoms with Crippen molar-refractivity contribution < 1.29 is 14.3 Å². The van der Waals surface area contributed by atoms with E-state index in [1.165, 1.54) is 11.8 Å². The summed E-state index contributed by atoms with van der Waals surface area (Å²) in [6.45, 7) is 8.57. The maximum absolute atomic E-state index is 13.0. The predicted octanol–water partition coefficient (Wildman–Crippen LogP) is 5.75. The van der Waals surface area contributed by atoms with Crippen molar-refractivity contribution in [1.29, 1.82) is 0 Å². The smallest absolute Gasteiger partial charge is 0.266 e. The van der Waals surface area contributed by atoms with Crippen molar-refractivity contribution in [2.75, 3.05) is 26.8 Å². The van der Waals surface area contributed by atoms with E-state index in [1.54, 1.807) is 7.11 Å². The molecule has 0 unspecified atom stereocenters. The zero-order chi connectivity index (χ0) is 21.1. The highest BCUT2D eigenvalue weighted by Gasteiger charge is 2.32. The topological polar surface area (TPSA) is 51.1 Å². The number of amides is 1. The van der Waals surface area contributed by atoms with Gasteiger partial charge in [-0.2, -0.15) is 0 Å². The Morgan fingerprint density at radius 2 is 1.83 bits per heavy atom. The molecule has 1 aliphatic heterocycles. The lowest BCUT2D eigenvalue weighted by atomic mass is 10.2. The second-order valence-electron chi connectivity index (χ2n) is 7.05. The minimum absolute atomic E-state index is 0.0425. The van der Waals surface area contributed by atoms with Crippen LogP contribution in [0, 0.1) is 0 Å². The summed E-state index contributed by atoms with van der Waals surface area (Å²) in [5.41, 5.74) is 0.922. The molecule has 6 heteroatoms. The predicted molar refractivity (Wildman–Crippen MR) is 123 cm³/mol. The largest absolute Gasteiger partial charge is 0.493 e. The molecule has 5 nitrogen and oxygen atoms in total. The number of hydrogen-bond donors (Lipinski definition) is 0. The van der Waals surface area contributed by atoms with Gasteiger partial charge in [-0.25, -0.2) is 0 Å². The molecule has 1 aliphatic rings. The van der Waals surface area contributed by atoms with Gasteiger partial charge in [-0.1, -0.05) is 46.1 Å². The van der Waals surface area contributed by atoms with E-state index < -0.39 is 0 Å². The molecular formula is C23H34N2O3S. The maximum atomic E-state index is 13.0. The molecule has 0 spiro atoms. The van der Waals surface area contributed by atoms with Crippen LogP contribution in [-0.2, 0) is 4.79 Å². The van der Waals surface area contributed by atoms with Crippen molar-refractivity contribution in [2.24, 2.45) is 4.99 Å². The molecule has 0 N–H and O–H groups in total. The molecule has 29 heavy (non-hydrogen) atoms. The Bertz CT molecular complexity index is 731. The minimum atomic E-state index is 0.0425. The number of carbonyl (C=O) groups excluding carboxylic acids is 1. The first kappa shape index (κ1) is 23.3. The van der Waals surface area contributed by atoms with Gasteiger partial charge < -0.3 is 9.47 Å². The van der Waals surface area contributed by atoms with E-state index in [0.29, 0.717) is 17.3 Å². The zero-order valence-corrected chi connectivity index (χ0v) is 19.0. The molecule has 1 aromatic carbocycles. The van der Waals surface area contributed by atoms with Gasteiger partial charge in [0.05, 0.1) is 18.6 Å². The number of unbranched alkanes of at least 4 members (excludes halogenated alkanes) is 3. The zero-order valence-electron chi connectivity index (χ0n) is 18.2. The summed E-state index contributed by atoms with van der Waals surface area (Å²) in [4.78, 5) is 20.2. The normalized spacial score (nSPS) is 16.8. The number of aliphatic imine (C=N–C) groups is 1. The molecular weight excluding hydrogens is 384 g/mol. The van der Waals surface area contributed by atoms with Gasteiger partial charge in [0.15, 0.2) is 16.7 Å². The summed E-state index contributed by atoms with van der Waals surface area (Å²) in [7, 11) is 1.64. The number of rotatable bonds is 12. The standard InChI is InChI=1S/C23H34N2O3S/c1-5-8-13-24-23-25(14-9-6-2)22(26)21(29-23)17-18-11-12-19(20(16-18)27-4)28-15-10-7-3/h11-12,16-17H,5-10,13-15H2,1-4H3/b21-17-,24-23?. The van der Waals surface area contributed by atoms with Gasteiger partial charge in [0.25, 0.3) is 5.91 Å². The first-order valence-electron chi connectivity index (χ1n) is 10.7. The Labute approximate surface area is 179 Å². The van der Waals surface area contributed by atoms with Gasteiger partial charge in [-0.05, 0) is 54.8 Å². The highest BCUT2D eigenvalue weighted by molar-refractivity contribution is 8.18. The highest BCUT2D eigenvalue weighted by atomic mass is 32.2. The van der Waals surface area contributed by atoms with Gasteiger partial charge >= 0.3 is 0 Å². The lowest BCUT2D eigenvalue weighted by Crippen LogP contribution is -2.30. The Morgan fingerprint density at radius 3 is 2.52 bits per heavy atom. The summed E-state index contributed by atoms with van der Waals surface area (Å²) in [5, 5.41) is 0.828. The molecule has 0 bridgehead atoms. The number of thioether (sulfide) groups is 1. The maximum Gasteiger partial charge on any atom is 0.266 e. The SMILES string of the molecule is CCCCN=C1S/C(=C\c2ccc(OCCCC)c(OC)c2)C(=O)N1CCCC. The fourth-order valence-corrected chi connectivity index (χ4v) is 3.87. The van der Waals surface area contributed by atoms with Crippen molar-refractivity contribution in [2.45, 2.75) is 59.3 Å². The quantitative estimate of drug-likeness (QED) is 0.320. The summed E-state index contributed by atoms with van der Waals surface area (Å²) in [6.07, 6.45) is 8.18. The van der Waals surface area contributed by atoms with Crippen LogP contribution >= 0.6 is 11.8 Å². The number of nitrogens with zero attached hydrogens (tertiary/aromatic N) is 2. The van der Waals surface area contributed by atoms with Gasteiger partial charge in [-0.3, -0.25) is 14.7 Å². The summed E-state index contributed by atoms with van der Waals surface area (Å²) < 4.78 is 11.3. The molecule has 2 rings (SSSR count). The van der Waals surface area contributed by atoms with Crippen LogP contribution in [0.15, 0.2) is 28.1 Å². The molecule has 0 radical (unpaired) electrons. The fourth-order valence-electron chi connectivity index (χ4n) is 2.84. The van der Waals surface area contributed by atoms with Crippen LogP contribution in [-0.4, -0.2) is 42.8 Å². The van der Waals surface area contributed by atoms with E-state index >= 15 is 0 Å². The van der Waals surface area contributed by atoms with E-state index in [0.717, 1.165) is 68.1 Å². The average Bonchev–Trinajstić information content (AvgIpc) is 3.02. The Balaban J connectivity index is 2.21. The van der Waals surface area contributed by atoms with Crippen LogP contribution in [0.2, 0.25) is 0 Å². The molecule has 160 valence electrons. The Hall–Kier alpha value is -1.95. The third-order valence-electron chi connectivity index (χ3n) is 4.62. The highest BCUT2D eigenvalue weighted by Crippen LogP contribution is 2.35. The number of amidine groups is 1. The molecule has 1 amide bonds. The van der Waals surface area contributed by atoms with E-state index in [-0.39, 0.29) is 5.91 Å².